The SMILES string of the molecule is CCOP(=O)(OCC)Oc1nc2ccccc2[nH]1. The number of imidazole rings is 1. The fourth-order valence-corrected chi connectivity index (χ4v) is 2.60. The Hall–Kier alpha value is -1.36. The van der Waals surface area contributed by atoms with Crippen LogP contribution in [0.4, 0.5) is 0 Å². The minimum absolute atomic E-state index is 0.126. The van der Waals surface area contributed by atoms with Gasteiger partial charge >= 0.3 is 13.8 Å². The molecule has 0 aliphatic rings. The van der Waals surface area contributed by atoms with E-state index in [1.807, 2.05) is 24.3 Å². The number of nitrogens with zero attached hydrogens (tertiary/aromatic N) is 1. The molecule has 0 fully saturated rings. The molecule has 1 heterocycles. The molecule has 1 aromatic carbocycles. The molecular weight excluding hydrogens is 255 g/mol. The Morgan fingerprint density at radius 2 is 1.89 bits per heavy atom. The van der Waals surface area contributed by atoms with Gasteiger partial charge in [-0.25, -0.2) is 4.57 Å². The van der Waals surface area contributed by atoms with Gasteiger partial charge in [0.05, 0.1) is 24.2 Å². The maximum Gasteiger partial charge on any atom is 0.532 e. The molecule has 2 aromatic rings. The van der Waals surface area contributed by atoms with Gasteiger partial charge in [-0.1, -0.05) is 12.1 Å². The van der Waals surface area contributed by atoms with Gasteiger partial charge in [0.1, 0.15) is 0 Å². The van der Waals surface area contributed by atoms with E-state index in [0.29, 0.717) is 0 Å². The molecule has 18 heavy (non-hydrogen) atoms. The van der Waals surface area contributed by atoms with Crippen LogP contribution < -0.4 is 4.52 Å². The second-order valence-corrected chi connectivity index (χ2v) is 5.03. The second kappa shape index (κ2) is 5.52. The van der Waals surface area contributed by atoms with Crippen molar-refractivity contribution in [3.63, 3.8) is 0 Å². The summed E-state index contributed by atoms with van der Waals surface area (Å²) in [4.78, 5) is 7.05. The molecule has 0 radical (unpaired) electrons. The highest BCUT2D eigenvalue weighted by molar-refractivity contribution is 7.48. The average Bonchev–Trinajstić information content (AvgIpc) is 2.70. The van der Waals surface area contributed by atoms with Crippen molar-refractivity contribution in [1.82, 2.24) is 9.97 Å². The van der Waals surface area contributed by atoms with Gasteiger partial charge in [0.25, 0.3) is 0 Å². The maximum absolute atomic E-state index is 12.1. The van der Waals surface area contributed by atoms with Crippen molar-refractivity contribution in [1.29, 1.82) is 0 Å². The summed E-state index contributed by atoms with van der Waals surface area (Å²) < 4.78 is 27.4. The van der Waals surface area contributed by atoms with Crippen LogP contribution in [0.2, 0.25) is 0 Å². The summed E-state index contributed by atoms with van der Waals surface area (Å²) in [5.74, 6) is 0. The van der Waals surface area contributed by atoms with Gasteiger partial charge in [-0.2, -0.15) is 4.98 Å². The highest BCUT2D eigenvalue weighted by Crippen LogP contribution is 2.48. The predicted octanol–water partition coefficient (Wildman–Crippen LogP) is 3.12. The first-order valence-electron chi connectivity index (χ1n) is 5.70. The first-order chi connectivity index (χ1) is 8.67. The fourth-order valence-electron chi connectivity index (χ4n) is 1.48. The number of benzene rings is 1. The molecule has 98 valence electrons. The van der Waals surface area contributed by atoms with Crippen LogP contribution in [0.3, 0.4) is 0 Å². The van der Waals surface area contributed by atoms with Gasteiger partial charge < -0.3 is 9.51 Å². The molecule has 0 aliphatic carbocycles. The quantitative estimate of drug-likeness (QED) is 0.816. The van der Waals surface area contributed by atoms with Gasteiger partial charge in [0.15, 0.2) is 0 Å². The van der Waals surface area contributed by atoms with Crippen LogP contribution in [-0.2, 0) is 13.6 Å². The van der Waals surface area contributed by atoms with E-state index in [1.54, 1.807) is 13.8 Å². The molecule has 0 saturated carbocycles. The van der Waals surface area contributed by atoms with Crippen LogP contribution >= 0.6 is 7.82 Å². The van der Waals surface area contributed by atoms with E-state index < -0.39 is 7.82 Å². The molecular formula is C11H15N2O4P. The lowest BCUT2D eigenvalue weighted by atomic mass is 10.3. The van der Waals surface area contributed by atoms with E-state index in [0.717, 1.165) is 11.0 Å². The normalized spacial score (nSPS) is 11.9. The van der Waals surface area contributed by atoms with E-state index in [9.17, 15) is 4.57 Å². The van der Waals surface area contributed by atoms with E-state index in [4.69, 9.17) is 13.6 Å². The number of para-hydroxylation sites is 2. The molecule has 1 aromatic heterocycles. The van der Waals surface area contributed by atoms with Crippen molar-refractivity contribution in [2.45, 2.75) is 13.8 Å². The van der Waals surface area contributed by atoms with Crippen molar-refractivity contribution in [2.24, 2.45) is 0 Å². The van der Waals surface area contributed by atoms with E-state index >= 15 is 0 Å². The average molecular weight is 270 g/mol. The molecule has 1 N–H and O–H groups in total. The van der Waals surface area contributed by atoms with Gasteiger partial charge in [0.2, 0.25) is 0 Å². The summed E-state index contributed by atoms with van der Waals surface area (Å²) in [5.41, 5.74) is 1.53. The van der Waals surface area contributed by atoms with Gasteiger partial charge in [-0.05, 0) is 26.0 Å². The van der Waals surface area contributed by atoms with Crippen molar-refractivity contribution in [3.8, 4) is 6.01 Å². The van der Waals surface area contributed by atoms with Gasteiger partial charge in [0, 0.05) is 0 Å². The first-order valence-corrected chi connectivity index (χ1v) is 7.16. The van der Waals surface area contributed by atoms with Crippen LogP contribution in [0.25, 0.3) is 11.0 Å². The third-order valence-corrected chi connectivity index (χ3v) is 3.69. The van der Waals surface area contributed by atoms with E-state index in [-0.39, 0.29) is 19.2 Å². The standard InChI is InChI=1S/C11H15N2O4P/c1-3-15-18(14,16-4-2)17-11-12-9-7-5-6-8-10(9)13-11/h5-8H,3-4H2,1-2H3,(H,12,13). The Morgan fingerprint density at radius 1 is 1.22 bits per heavy atom. The van der Waals surface area contributed by atoms with Crippen LogP contribution in [0.1, 0.15) is 13.8 Å². The number of nitrogens with one attached hydrogen (secondary N) is 1. The number of hydrogen-bond acceptors (Lipinski definition) is 5. The second-order valence-electron chi connectivity index (χ2n) is 3.43. The minimum atomic E-state index is -3.59. The van der Waals surface area contributed by atoms with Crippen molar-refractivity contribution in [2.75, 3.05) is 13.2 Å². The lowest BCUT2D eigenvalue weighted by molar-refractivity contribution is 0.164. The number of aromatic nitrogens is 2. The molecule has 0 spiro atoms. The maximum atomic E-state index is 12.1. The Morgan fingerprint density at radius 3 is 2.50 bits per heavy atom. The fraction of sp³-hybridized carbons (Fsp3) is 0.364. The molecule has 0 amide bonds. The monoisotopic (exact) mass is 270 g/mol. The van der Waals surface area contributed by atoms with Crippen LogP contribution in [0.15, 0.2) is 24.3 Å². The number of phosphoric acid groups is 1. The Kier molecular flexibility index (Phi) is 4.01. The summed E-state index contributed by atoms with van der Waals surface area (Å²) in [6.07, 6.45) is 0. The van der Waals surface area contributed by atoms with E-state index in [1.165, 1.54) is 0 Å². The van der Waals surface area contributed by atoms with Crippen molar-refractivity contribution >= 4 is 18.9 Å². The molecule has 0 unspecified atom stereocenters. The predicted molar refractivity (Wildman–Crippen MR) is 67.6 cm³/mol. The van der Waals surface area contributed by atoms with Crippen LogP contribution in [0.5, 0.6) is 6.01 Å². The Bertz CT molecular complexity index is 526. The van der Waals surface area contributed by atoms with Crippen molar-refractivity contribution in [3.05, 3.63) is 24.3 Å². The molecule has 2 rings (SSSR count). The topological polar surface area (TPSA) is 73.4 Å². The molecule has 7 heteroatoms. The number of hydrogen-bond donors (Lipinski definition) is 1. The van der Waals surface area contributed by atoms with Gasteiger partial charge in [-0.3, -0.25) is 9.05 Å². The zero-order chi connectivity index (χ0) is 13.0. The minimum Gasteiger partial charge on any atom is -0.370 e. The Balaban J connectivity index is 2.23. The third-order valence-electron chi connectivity index (χ3n) is 2.14. The zero-order valence-electron chi connectivity index (χ0n) is 10.3. The van der Waals surface area contributed by atoms with E-state index in [2.05, 4.69) is 9.97 Å². The number of rotatable bonds is 6. The smallest absolute Gasteiger partial charge is 0.370 e. The highest BCUT2D eigenvalue weighted by atomic mass is 31.2. The molecule has 0 saturated heterocycles. The molecule has 0 atom stereocenters. The summed E-state index contributed by atoms with van der Waals surface area (Å²) in [6.45, 7) is 3.90. The van der Waals surface area contributed by atoms with Crippen LogP contribution in [-0.4, -0.2) is 23.2 Å². The molecule has 0 aliphatic heterocycles. The summed E-state index contributed by atoms with van der Waals surface area (Å²) >= 11 is 0. The van der Waals surface area contributed by atoms with Crippen molar-refractivity contribution < 1.29 is 18.1 Å². The number of aromatic amines is 1. The lowest BCUT2D eigenvalue weighted by Crippen LogP contribution is -2.03. The summed E-state index contributed by atoms with van der Waals surface area (Å²) in [5, 5.41) is 0. The summed E-state index contributed by atoms with van der Waals surface area (Å²) in [7, 11) is -3.59. The molecule has 6 nitrogen and oxygen atoms in total. The third kappa shape index (κ3) is 2.90. The first kappa shape index (κ1) is 13.1. The zero-order valence-corrected chi connectivity index (χ0v) is 11.1. The number of fused-ring (bicyclic) bond motifs is 1. The largest absolute Gasteiger partial charge is 0.532 e. The van der Waals surface area contributed by atoms with Gasteiger partial charge in [-0.15, -0.1) is 0 Å². The van der Waals surface area contributed by atoms with Crippen LogP contribution in [0, 0.1) is 0 Å². The highest BCUT2D eigenvalue weighted by Gasteiger charge is 2.28. The summed E-state index contributed by atoms with van der Waals surface area (Å²) in [6, 6.07) is 7.53. The lowest BCUT2D eigenvalue weighted by Gasteiger charge is -2.14. The number of H-pyrrole nitrogens is 1. The number of phosphoric ester groups is 1. The Labute approximate surface area is 105 Å². The molecule has 0 bridgehead atoms.